The molecule has 7 rings (SSSR count). The van der Waals surface area contributed by atoms with Crippen molar-refractivity contribution >= 4 is 23.1 Å². The van der Waals surface area contributed by atoms with Crippen LogP contribution in [0, 0.1) is 5.92 Å². The van der Waals surface area contributed by atoms with Crippen LogP contribution in [0.2, 0.25) is 0 Å². The second-order valence-electron chi connectivity index (χ2n) is 12.9. The van der Waals surface area contributed by atoms with E-state index in [2.05, 4.69) is 50.8 Å². The predicted molar refractivity (Wildman–Crippen MR) is 163 cm³/mol. The minimum atomic E-state index is 0.546. The number of hydrogen-bond donors (Lipinski definition) is 0. The quantitative estimate of drug-likeness (QED) is 0.288. The summed E-state index contributed by atoms with van der Waals surface area (Å²) in [6.45, 7) is 6.25. The molecule has 0 N–H and O–H groups in total. The highest BCUT2D eigenvalue weighted by atomic mass is 16.5. The zero-order chi connectivity index (χ0) is 26.9. The van der Waals surface area contributed by atoms with Crippen molar-refractivity contribution in [2.24, 2.45) is 5.92 Å². The number of rotatable bonds is 7. The Morgan fingerprint density at radius 1 is 0.825 bits per heavy atom. The summed E-state index contributed by atoms with van der Waals surface area (Å²) in [5, 5.41) is 1.34. The molecule has 0 radical (unpaired) electrons. The van der Waals surface area contributed by atoms with Gasteiger partial charge in [0.2, 0.25) is 0 Å². The molecule has 0 unspecified atom stereocenters. The molecular formula is C35H45N3O2. The topological polar surface area (TPSA) is 37.7 Å². The number of benzene rings is 2. The lowest BCUT2D eigenvalue weighted by molar-refractivity contribution is -0.120. The van der Waals surface area contributed by atoms with Crippen LogP contribution in [-0.4, -0.2) is 48.2 Å². The van der Waals surface area contributed by atoms with E-state index in [0.29, 0.717) is 18.1 Å². The largest absolute Gasteiger partial charge is 0.429 e. The zero-order valence-electron chi connectivity index (χ0n) is 24.0. The lowest BCUT2D eigenvalue weighted by atomic mass is 9.81. The molecule has 2 saturated carbocycles. The summed E-state index contributed by atoms with van der Waals surface area (Å²) >= 11 is 0. The fourth-order valence-electron chi connectivity index (χ4n) is 8.55. The third-order valence-corrected chi connectivity index (χ3v) is 10.7. The van der Waals surface area contributed by atoms with Gasteiger partial charge < -0.3 is 19.1 Å². The average molecular weight is 540 g/mol. The Balaban J connectivity index is 1.18. The van der Waals surface area contributed by atoms with Gasteiger partial charge in [-0.25, -0.2) is 0 Å². The Kier molecular flexibility index (Phi) is 7.58. The first-order chi connectivity index (χ1) is 19.8. The molecule has 1 saturated heterocycles. The lowest BCUT2D eigenvalue weighted by Crippen LogP contribution is -2.40. The van der Waals surface area contributed by atoms with Crippen LogP contribution in [0.3, 0.4) is 0 Å². The molecule has 3 fully saturated rings. The normalized spacial score (nSPS) is 21.4. The molecule has 5 heteroatoms. The molecular weight excluding hydrogens is 494 g/mol. The number of ether oxygens (including phenoxy) is 1. The van der Waals surface area contributed by atoms with E-state index in [-0.39, 0.29) is 0 Å². The first-order valence-corrected chi connectivity index (χ1v) is 16.1. The monoisotopic (exact) mass is 539 g/mol. The van der Waals surface area contributed by atoms with Crippen LogP contribution in [0.4, 0.5) is 5.69 Å². The zero-order valence-corrected chi connectivity index (χ0v) is 24.0. The van der Waals surface area contributed by atoms with E-state index in [4.69, 9.17) is 4.74 Å². The highest BCUT2D eigenvalue weighted by molar-refractivity contribution is 5.96. The van der Waals surface area contributed by atoms with Gasteiger partial charge in [-0.05, 0) is 93.6 Å². The lowest BCUT2D eigenvalue weighted by Gasteiger charge is -2.37. The third-order valence-electron chi connectivity index (χ3n) is 10.7. The molecule has 0 atom stereocenters. The highest BCUT2D eigenvalue weighted by Crippen LogP contribution is 2.48. The number of fused-ring (bicyclic) bond motifs is 5. The van der Waals surface area contributed by atoms with Gasteiger partial charge in [-0.3, -0.25) is 4.79 Å². The summed E-state index contributed by atoms with van der Waals surface area (Å²) in [5.74, 6) is 2.07. The first-order valence-electron chi connectivity index (χ1n) is 16.1. The van der Waals surface area contributed by atoms with Gasteiger partial charge in [0.15, 0.2) is 0 Å². The maximum Gasteiger partial charge on any atom is 0.298 e. The Labute approximate surface area is 239 Å². The van der Waals surface area contributed by atoms with Crippen LogP contribution in [0.25, 0.3) is 22.2 Å². The van der Waals surface area contributed by atoms with Crippen molar-refractivity contribution in [3.63, 3.8) is 0 Å². The van der Waals surface area contributed by atoms with Crippen molar-refractivity contribution in [1.82, 2.24) is 9.47 Å². The van der Waals surface area contributed by atoms with Crippen LogP contribution in [-0.2, 0) is 11.3 Å². The number of para-hydroxylation sites is 1. The number of hydrogen-bond acceptors (Lipinski definition) is 4. The van der Waals surface area contributed by atoms with Crippen LogP contribution in [0.1, 0.15) is 88.5 Å². The highest BCUT2D eigenvalue weighted by Gasteiger charge is 2.31. The van der Waals surface area contributed by atoms with Crippen LogP contribution >= 0.6 is 0 Å². The van der Waals surface area contributed by atoms with Gasteiger partial charge in [-0.15, -0.1) is 0 Å². The molecule has 212 valence electrons. The van der Waals surface area contributed by atoms with Crippen LogP contribution in [0.15, 0.2) is 42.5 Å². The second kappa shape index (κ2) is 11.6. The number of piperidine rings is 1. The smallest absolute Gasteiger partial charge is 0.298 e. The molecule has 3 heterocycles. The van der Waals surface area contributed by atoms with E-state index in [1.54, 1.807) is 0 Å². The maximum atomic E-state index is 11.2. The number of carbonyl (C=O) groups excluding carboxylic acids is 1. The van der Waals surface area contributed by atoms with Crippen molar-refractivity contribution in [2.75, 3.05) is 31.1 Å². The molecule has 40 heavy (non-hydrogen) atoms. The molecule has 5 nitrogen and oxygen atoms in total. The molecule has 4 aliphatic rings. The molecule has 0 amide bonds. The van der Waals surface area contributed by atoms with Crippen LogP contribution < -0.4 is 9.64 Å². The van der Waals surface area contributed by atoms with Gasteiger partial charge in [-0.2, -0.15) is 0 Å². The first kappa shape index (κ1) is 26.1. The van der Waals surface area contributed by atoms with E-state index in [9.17, 15) is 4.79 Å². The Morgan fingerprint density at radius 3 is 2.40 bits per heavy atom. The maximum absolute atomic E-state index is 11.2. The Bertz CT molecular complexity index is 1330. The standard InChI is InChI=1S/C35H45N3O2/c39-25-40-29-14-15-30-33(24-29)38-23-22-37(21-18-26-16-19-36(20-17-26)28-10-4-5-11-28)32-13-7-6-12-31(32)35(38)34(30)27-8-2-1-3-9-27/h6-7,12-15,24-28H,1-5,8-11,16-23H2. The summed E-state index contributed by atoms with van der Waals surface area (Å²) < 4.78 is 7.87. The number of nitrogens with zero attached hydrogens (tertiary/aromatic N) is 3. The minimum absolute atomic E-state index is 0.546. The molecule has 2 aromatic carbocycles. The fourth-order valence-corrected chi connectivity index (χ4v) is 8.55. The number of aromatic nitrogens is 1. The minimum Gasteiger partial charge on any atom is -0.429 e. The molecule has 2 aliphatic heterocycles. The van der Waals surface area contributed by atoms with E-state index >= 15 is 0 Å². The molecule has 1 aromatic heterocycles. The molecule has 3 aromatic rings. The van der Waals surface area contributed by atoms with Crippen molar-refractivity contribution in [3.05, 3.63) is 48.0 Å². The Morgan fingerprint density at radius 2 is 1.60 bits per heavy atom. The molecule has 0 bridgehead atoms. The Hall–Kier alpha value is -2.79. The summed E-state index contributed by atoms with van der Waals surface area (Å²) in [4.78, 5) is 16.6. The van der Waals surface area contributed by atoms with E-state index < -0.39 is 0 Å². The summed E-state index contributed by atoms with van der Waals surface area (Å²) in [6.07, 6.45) is 16.3. The van der Waals surface area contributed by atoms with Crippen molar-refractivity contribution in [1.29, 1.82) is 0 Å². The summed E-state index contributed by atoms with van der Waals surface area (Å²) in [7, 11) is 0. The SMILES string of the molecule is O=COc1ccc2c(C3CCCCC3)c3n(c2c1)CCN(CCC1CCN(C2CCCC2)CC1)c1ccccc1-3. The van der Waals surface area contributed by atoms with E-state index in [1.165, 1.54) is 124 Å². The van der Waals surface area contributed by atoms with Gasteiger partial charge in [-0.1, -0.05) is 50.3 Å². The third kappa shape index (κ3) is 4.95. The van der Waals surface area contributed by atoms with Gasteiger partial charge in [0, 0.05) is 48.4 Å². The van der Waals surface area contributed by atoms with E-state index in [0.717, 1.165) is 31.6 Å². The fraction of sp³-hybridized carbons (Fsp3) is 0.571. The van der Waals surface area contributed by atoms with Gasteiger partial charge in [0.05, 0.1) is 11.2 Å². The summed E-state index contributed by atoms with van der Waals surface area (Å²) in [5.41, 5.74) is 6.93. The van der Waals surface area contributed by atoms with Crippen LogP contribution in [0.5, 0.6) is 5.75 Å². The van der Waals surface area contributed by atoms with Gasteiger partial charge in [0.1, 0.15) is 5.75 Å². The van der Waals surface area contributed by atoms with Crippen molar-refractivity contribution in [3.8, 4) is 17.0 Å². The van der Waals surface area contributed by atoms with Gasteiger partial charge in [0.25, 0.3) is 6.47 Å². The molecule has 0 spiro atoms. The number of carbonyl (C=O) groups is 1. The number of likely N-dealkylation sites (tertiary alicyclic amines) is 1. The van der Waals surface area contributed by atoms with Crippen molar-refractivity contribution in [2.45, 2.75) is 95.6 Å². The van der Waals surface area contributed by atoms with Crippen molar-refractivity contribution < 1.29 is 9.53 Å². The average Bonchev–Trinajstić information content (AvgIpc) is 3.61. The molecule has 2 aliphatic carbocycles. The number of anilines is 1. The second-order valence-corrected chi connectivity index (χ2v) is 12.9. The predicted octanol–water partition coefficient (Wildman–Crippen LogP) is 7.76. The van der Waals surface area contributed by atoms with Gasteiger partial charge >= 0.3 is 0 Å². The van der Waals surface area contributed by atoms with E-state index in [1.807, 2.05) is 6.07 Å². The summed E-state index contributed by atoms with van der Waals surface area (Å²) in [6, 6.07) is 16.3.